The van der Waals surface area contributed by atoms with Crippen molar-refractivity contribution in [3.05, 3.63) is 95.1 Å². The van der Waals surface area contributed by atoms with Gasteiger partial charge in [-0.1, -0.05) is 53.6 Å². The molecule has 0 aliphatic carbocycles. The Labute approximate surface area is 177 Å². The highest BCUT2D eigenvalue weighted by molar-refractivity contribution is 6.31. The lowest BCUT2D eigenvalue weighted by molar-refractivity contribution is 0.618. The number of rotatable bonds is 3. The molecule has 0 atom stereocenters. The summed E-state index contributed by atoms with van der Waals surface area (Å²) in [7, 11) is 0. The van der Waals surface area contributed by atoms with Crippen LogP contribution in [0.25, 0.3) is 33.2 Å². The number of nitrogens with zero attached hydrogens (tertiary/aromatic N) is 3. The van der Waals surface area contributed by atoms with Crippen molar-refractivity contribution in [1.29, 1.82) is 0 Å². The van der Waals surface area contributed by atoms with E-state index in [1.165, 1.54) is 11.9 Å². The van der Waals surface area contributed by atoms with Crippen molar-refractivity contribution in [3.63, 3.8) is 0 Å². The van der Waals surface area contributed by atoms with E-state index in [2.05, 4.69) is 39.6 Å². The van der Waals surface area contributed by atoms with Crippen molar-refractivity contribution < 1.29 is 4.42 Å². The van der Waals surface area contributed by atoms with Crippen LogP contribution < -0.4 is 10.8 Å². The van der Waals surface area contributed by atoms with Gasteiger partial charge in [-0.2, -0.15) is 5.10 Å². The van der Waals surface area contributed by atoms with Gasteiger partial charge >= 0.3 is 0 Å². The molecule has 2 heterocycles. The zero-order valence-corrected chi connectivity index (χ0v) is 16.9. The molecule has 0 bridgehead atoms. The van der Waals surface area contributed by atoms with E-state index in [-0.39, 0.29) is 0 Å². The molecule has 5 aromatic rings. The fraction of sp³-hybridized carbons (Fsp3) is 0.0417. The highest BCUT2D eigenvalue weighted by atomic mass is 35.5. The standard InChI is InChI=1S/C24H17ClN4O/c1-15-6-8-16(9-7-15)23-13-21(19-12-17(25)10-11-22(19)30-23)28-29-24-18-4-2-3-5-20(18)26-14-27-24/h2-14H,1H3,(H,26,27,29). The number of fused-ring (bicyclic) bond motifs is 2. The largest absolute Gasteiger partial charge is 0.456 e. The van der Waals surface area contributed by atoms with Crippen molar-refractivity contribution in [2.75, 3.05) is 5.43 Å². The third-order valence-corrected chi connectivity index (χ3v) is 5.10. The minimum Gasteiger partial charge on any atom is -0.456 e. The molecular weight excluding hydrogens is 396 g/mol. The third kappa shape index (κ3) is 3.51. The number of aromatic nitrogens is 2. The molecule has 0 saturated carbocycles. The van der Waals surface area contributed by atoms with Crippen LogP contribution in [-0.4, -0.2) is 9.97 Å². The fourth-order valence-electron chi connectivity index (χ4n) is 3.30. The molecule has 146 valence electrons. The van der Waals surface area contributed by atoms with Crippen LogP contribution >= 0.6 is 11.6 Å². The summed E-state index contributed by atoms with van der Waals surface area (Å²) in [6.07, 6.45) is 1.52. The SMILES string of the molecule is Cc1ccc(-c2cc(=NNc3ncnc4ccccc34)c3cc(Cl)ccc3o2)cc1. The first-order valence-corrected chi connectivity index (χ1v) is 9.85. The van der Waals surface area contributed by atoms with E-state index in [0.29, 0.717) is 21.8 Å². The summed E-state index contributed by atoms with van der Waals surface area (Å²) >= 11 is 6.24. The molecule has 5 nitrogen and oxygen atoms in total. The molecule has 6 heteroatoms. The number of aryl methyl sites for hydroxylation is 1. The van der Waals surface area contributed by atoms with Crippen LogP contribution in [0.2, 0.25) is 5.02 Å². The topological polar surface area (TPSA) is 63.3 Å². The number of nitrogens with one attached hydrogen (secondary N) is 1. The van der Waals surface area contributed by atoms with Gasteiger partial charge in [0.1, 0.15) is 17.7 Å². The summed E-state index contributed by atoms with van der Waals surface area (Å²) in [6, 6.07) is 23.4. The van der Waals surface area contributed by atoms with Gasteiger partial charge in [0.25, 0.3) is 0 Å². The summed E-state index contributed by atoms with van der Waals surface area (Å²) in [4.78, 5) is 8.64. The summed E-state index contributed by atoms with van der Waals surface area (Å²) in [6.45, 7) is 2.06. The monoisotopic (exact) mass is 412 g/mol. The molecule has 5 rings (SSSR count). The number of benzene rings is 3. The molecule has 0 saturated heterocycles. The van der Waals surface area contributed by atoms with E-state index in [4.69, 9.17) is 16.0 Å². The van der Waals surface area contributed by atoms with Crippen molar-refractivity contribution in [1.82, 2.24) is 9.97 Å². The maximum absolute atomic E-state index is 6.24. The normalized spacial score (nSPS) is 11.9. The van der Waals surface area contributed by atoms with Gasteiger partial charge in [0.2, 0.25) is 0 Å². The molecule has 0 unspecified atom stereocenters. The molecule has 0 aliphatic rings. The zero-order valence-electron chi connectivity index (χ0n) is 16.1. The minimum absolute atomic E-state index is 0.615. The molecule has 1 N–H and O–H groups in total. The number of para-hydroxylation sites is 1. The Morgan fingerprint density at radius 2 is 1.73 bits per heavy atom. The maximum Gasteiger partial charge on any atom is 0.157 e. The van der Waals surface area contributed by atoms with Gasteiger partial charge in [0, 0.05) is 27.4 Å². The average Bonchev–Trinajstić information content (AvgIpc) is 2.78. The van der Waals surface area contributed by atoms with Gasteiger partial charge < -0.3 is 4.42 Å². The minimum atomic E-state index is 0.615. The Morgan fingerprint density at radius 3 is 2.60 bits per heavy atom. The first-order chi connectivity index (χ1) is 14.7. The van der Waals surface area contributed by atoms with Crippen molar-refractivity contribution >= 4 is 39.3 Å². The number of hydrogen-bond donors (Lipinski definition) is 1. The zero-order chi connectivity index (χ0) is 20.5. The second-order valence-electron chi connectivity index (χ2n) is 6.97. The summed E-state index contributed by atoms with van der Waals surface area (Å²) < 4.78 is 6.13. The van der Waals surface area contributed by atoms with E-state index in [0.717, 1.165) is 27.6 Å². The third-order valence-electron chi connectivity index (χ3n) is 4.87. The quantitative estimate of drug-likeness (QED) is 0.373. The Hall–Kier alpha value is -3.70. The lowest BCUT2D eigenvalue weighted by Gasteiger charge is -2.07. The van der Waals surface area contributed by atoms with Gasteiger partial charge in [0.15, 0.2) is 5.82 Å². The smallest absolute Gasteiger partial charge is 0.157 e. The van der Waals surface area contributed by atoms with E-state index in [1.807, 2.05) is 54.6 Å². The molecule has 0 spiro atoms. The highest BCUT2D eigenvalue weighted by Crippen LogP contribution is 2.24. The molecule has 0 fully saturated rings. The molecule has 3 aromatic carbocycles. The molecule has 0 aliphatic heterocycles. The first kappa shape index (κ1) is 18.3. The van der Waals surface area contributed by atoms with Crippen LogP contribution in [0.5, 0.6) is 0 Å². The summed E-state index contributed by atoms with van der Waals surface area (Å²) in [5.41, 5.74) is 6.80. The van der Waals surface area contributed by atoms with Crippen LogP contribution in [0.1, 0.15) is 5.56 Å². The van der Waals surface area contributed by atoms with Gasteiger partial charge in [-0.25, -0.2) is 9.97 Å². The average molecular weight is 413 g/mol. The predicted octanol–water partition coefficient (Wildman–Crippen LogP) is 5.93. The van der Waals surface area contributed by atoms with Crippen LogP contribution in [0.15, 0.2) is 88.6 Å². The fourth-order valence-corrected chi connectivity index (χ4v) is 3.47. The van der Waals surface area contributed by atoms with Crippen molar-refractivity contribution in [2.45, 2.75) is 6.92 Å². The second kappa shape index (κ2) is 7.61. The summed E-state index contributed by atoms with van der Waals surface area (Å²) in [5, 5.41) is 7.67. The number of hydrogen-bond acceptors (Lipinski definition) is 5. The van der Waals surface area contributed by atoms with E-state index >= 15 is 0 Å². The van der Waals surface area contributed by atoms with Crippen molar-refractivity contribution in [3.8, 4) is 11.3 Å². The second-order valence-corrected chi connectivity index (χ2v) is 7.40. The van der Waals surface area contributed by atoms with Crippen LogP contribution in [0, 0.1) is 6.92 Å². The van der Waals surface area contributed by atoms with Crippen LogP contribution in [0.4, 0.5) is 5.82 Å². The van der Waals surface area contributed by atoms with Crippen LogP contribution in [0.3, 0.4) is 0 Å². The number of anilines is 1. The molecule has 30 heavy (non-hydrogen) atoms. The first-order valence-electron chi connectivity index (χ1n) is 9.47. The Morgan fingerprint density at radius 1 is 0.900 bits per heavy atom. The molecular formula is C24H17ClN4O. The Bertz CT molecular complexity index is 1440. The van der Waals surface area contributed by atoms with Gasteiger partial charge in [-0.05, 0) is 37.3 Å². The lowest BCUT2D eigenvalue weighted by Crippen LogP contribution is -2.08. The summed E-state index contributed by atoms with van der Waals surface area (Å²) in [5.74, 6) is 1.35. The lowest BCUT2D eigenvalue weighted by atomic mass is 10.1. The van der Waals surface area contributed by atoms with E-state index in [1.54, 1.807) is 6.07 Å². The predicted molar refractivity (Wildman–Crippen MR) is 120 cm³/mol. The molecule has 0 radical (unpaired) electrons. The Kier molecular flexibility index (Phi) is 4.65. The molecule has 2 aromatic heterocycles. The van der Waals surface area contributed by atoms with E-state index in [9.17, 15) is 0 Å². The van der Waals surface area contributed by atoms with Crippen LogP contribution in [-0.2, 0) is 0 Å². The van der Waals surface area contributed by atoms with E-state index < -0.39 is 0 Å². The highest BCUT2D eigenvalue weighted by Gasteiger charge is 2.08. The van der Waals surface area contributed by atoms with Crippen molar-refractivity contribution in [2.24, 2.45) is 5.10 Å². The van der Waals surface area contributed by atoms with Gasteiger partial charge in [-0.3, -0.25) is 5.43 Å². The van der Waals surface area contributed by atoms with Gasteiger partial charge in [-0.15, -0.1) is 0 Å². The maximum atomic E-state index is 6.24. The number of halogens is 1. The van der Waals surface area contributed by atoms with Gasteiger partial charge in [0.05, 0.1) is 10.9 Å². The Balaban J connectivity index is 1.68. The molecule has 0 amide bonds.